The second-order valence-electron chi connectivity index (χ2n) is 8.23. The van der Waals surface area contributed by atoms with E-state index in [0.717, 1.165) is 11.1 Å². The second kappa shape index (κ2) is 9.87. The van der Waals surface area contributed by atoms with Crippen molar-refractivity contribution in [2.75, 3.05) is 32.0 Å². The fraction of sp³-hybridized carbons (Fsp3) is 0.333. The van der Waals surface area contributed by atoms with Crippen LogP contribution in [0.15, 0.2) is 30.7 Å². The van der Waals surface area contributed by atoms with Crippen molar-refractivity contribution < 1.29 is 9.50 Å². The summed E-state index contributed by atoms with van der Waals surface area (Å²) in [6, 6.07) is 7.90. The molecule has 0 bridgehead atoms. The van der Waals surface area contributed by atoms with Gasteiger partial charge in [0, 0.05) is 56.8 Å². The Hall–Kier alpha value is -3.99. The first-order valence-electron chi connectivity index (χ1n) is 10.9. The average Bonchev–Trinajstić information content (AvgIpc) is 3.44. The maximum atomic E-state index is 14.3. The molecule has 1 aliphatic heterocycles. The van der Waals surface area contributed by atoms with Crippen LogP contribution in [0.4, 0.5) is 10.2 Å². The zero-order valence-electron chi connectivity index (χ0n) is 19.0. The van der Waals surface area contributed by atoms with Crippen molar-refractivity contribution in [3.63, 3.8) is 0 Å². The number of halogens is 1. The number of aryl methyl sites for hydroxylation is 1. The Kier molecular flexibility index (Phi) is 6.73. The van der Waals surface area contributed by atoms with Crippen LogP contribution in [0.2, 0.25) is 0 Å². The molecule has 1 saturated heterocycles. The number of likely N-dealkylation sites (tertiary alicyclic amines) is 1. The fourth-order valence-electron chi connectivity index (χ4n) is 4.20. The van der Waals surface area contributed by atoms with Crippen molar-refractivity contribution >= 4 is 28.6 Å². The van der Waals surface area contributed by atoms with E-state index in [1.54, 1.807) is 25.6 Å². The highest BCUT2D eigenvalue weighted by Gasteiger charge is 2.27. The maximum Gasteiger partial charge on any atom is 0.153 e. The summed E-state index contributed by atoms with van der Waals surface area (Å²) >= 11 is 0. The summed E-state index contributed by atoms with van der Waals surface area (Å²) in [7, 11) is 3.64. The Morgan fingerprint density at radius 2 is 2.18 bits per heavy atom. The molecule has 1 aromatic carbocycles. The number of hydrogen-bond acceptors (Lipinski definition) is 8. The van der Waals surface area contributed by atoms with E-state index in [0.29, 0.717) is 42.1 Å². The molecule has 2 aromatic heterocycles. The Bertz CT molecular complexity index is 1320. The number of hydrogen-bond donors (Lipinski definition) is 3. The molecular weight excluding hydrogens is 435 g/mol. The second-order valence-corrected chi connectivity index (χ2v) is 8.23. The lowest BCUT2D eigenvalue weighted by Gasteiger charge is -2.23. The van der Waals surface area contributed by atoms with Crippen molar-refractivity contribution in [1.82, 2.24) is 24.8 Å². The smallest absolute Gasteiger partial charge is 0.153 e. The number of aromatic nitrogens is 3. The van der Waals surface area contributed by atoms with Gasteiger partial charge in [0.25, 0.3) is 0 Å². The summed E-state index contributed by atoms with van der Waals surface area (Å²) in [6.07, 6.45) is 5.39. The van der Waals surface area contributed by atoms with Crippen LogP contribution in [0.3, 0.4) is 0 Å². The third-order valence-electron chi connectivity index (χ3n) is 5.91. The number of benzene rings is 1. The van der Waals surface area contributed by atoms with Crippen LogP contribution < -0.4 is 10.6 Å². The van der Waals surface area contributed by atoms with E-state index >= 15 is 0 Å². The number of pyridine rings is 1. The summed E-state index contributed by atoms with van der Waals surface area (Å²) in [6.45, 7) is 1.32. The minimum Gasteiger partial charge on any atom is -0.392 e. The van der Waals surface area contributed by atoms with Gasteiger partial charge in [0.05, 0.1) is 35.6 Å². The van der Waals surface area contributed by atoms with E-state index in [1.807, 2.05) is 28.7 Å². The summed E-state index contributed by atoms with van der Waals surface area (Å²) < 4.78 is 16.2. The predicted molar refractivity (Wildman–Crippen MR) is 127 cm³/mol. The topological polar surface area (TPSA) is 126 Å². The van der Waals surface area contributed by atoms with Gasteiger partial charge in [0.15, 0.2) is 5.82 Å². The van der Waals surface area contributed by atoms with E-state index in [2.05, 4.69) is 26.7 Å². The fourth-order valence-corrected chi connectivity index (χ4v) is 4.20. The van der Waals surface area contributed by atoms with E-state index < -0.39 is 18.0 Å². The molecule has 0 saturated carbocycles. The molecule has 2 unspecified atom stereocenters. The number of rotatable bonds is 7. The number of nitriles is 2. The Morgan fingerprint density at radius 1 is 1.35 bits per heavy atom. The molecule has 0 radical (unpaired) electrons. The Balaban J connectivity index is 1.76. The van der Waals surface area contributed by atoms with Gasteiger partial charge in [-0.15, -0.1) is 0 Å². The third kappa shape index (κ3) is 4.69. The molecule has 1 fully saturated rings. The molecule has 174 valence electrons. The van der Waals surface area contributed by atoms with Gasteiger partial charge in [-0.3, -0.25) is 4.90 Å². The highest BCUT2D eigenvalue weighted by atomic mass is 19.1. The third-order valence-corrected chi connectivity index (χ3v) is 5.91. The normalized spacial score (nSPS) is 17.4. The first-order chi connectivity index (χ1) is 16.4. The van der Waals surface area contributed by atoms with Gasteiger partial charge >= 0.3 is 0 Å². The van der Waals surface area contributed by atoms with Gasteiger partial charge in [-0.2, -0.15) is 10.5 Å². The molecule has 4 rings (SSSR count). The lowest BCUT2D eigenvalue weighted by Crippen LogP contribution is -2.40. The molecule has 0 spiro atoms. The van der Waals surface area contributed by atoms with E-state index in [1.165, 1.54) is 12.1 Å². The van der Waals surface area contributed by atoms with Gasteiger partial charge in [0.1, 0.15) is 17.4 Å². The van der Waals surface area contributed by atoms with Crippen LogP contribution >= 0.6 is 0 Å². The number of nitrogens with one attached hydrogen (secondary N) is 2. The van der Waals surface area contributed by atoms with Gasteiger partial charge < -0.3 is 20.3 Å². The molecule has 1 aliphatic rings. The minimum absolute atomic E-state index is 0.191. The number of aliphatic hydroxyl groups is 1. The SMILES string of the molecule is CNc1ncc(/C=C(\NCC(C#N)N2CCC(O)C2)c2cc(F)cc(C#N)c2)c2c1ncn2C. The maximum absolute atomic E-state index is 14.3. The number of fused-ring (bicyclic) bond motifs is 1. The Labute approximate surface area is 196 Å². The van der Waals surface area contributed by atoms with Crippen LogP contribution in [0.1, 0.15) is 23.1 Å². The monoisotopic (exact) mass is 460 g/mol. The van der Waals surface area contributed by atoms with Crippen molar-refractivity contribution in [2.45, 2.75) is 18.6 Å². The molecular formula is C24H25FN8O. The molecule has 34 heavy (non-hydrogen) atoms. The molecule has 3 aromatic rings. The zero-order valence-corrected chi connectivity index (χ0v) is 19.0. The van der Waals surface area contributed by atoms with Crippen LogP contribution in [-0.2, 0) is 7.05 Å². The minimum atomic E-state index is -0.532. The zero-order chi connectivity index (χ0) is 24.2. The number of nitrogens with zero attached hydrogens (tertiary/aromatic N) is 6. The molecule has 9 nitrogen and oxygen atoms in total. The molecule has 3 N–H and O–H groups in total. The van der Waals surface area contributed by atoms with Gasteiger partial charge in [0.2, 0.25) is 0 Å². The van der Waals surface area contributed by atoms with Crippen LogP contribution in [-0.4, -0.2) is 63.4 Å². The average molecular weight is 461 g/mol. The standard InChI is InChI=1S/C24H25FN8O/c1-28-24-22-23(32(2)14-31-22)17(11-30-24)8-21(16-5-15(9-26)6-18(25)7-16)29-12-19(10-27)33-4-3-20(34)13-33/h5-8,11,14,19-20,29,34H,3-4,12-13H2,1-2H3,(H,28,30)/b21-8-. The van der Waals surface area contributed by atoms with Crippen molar-refractivity contribution in [2.24, 2.45) is 7.05 Å². The van der Waals surface area contributed by atoms with Gasteiger partial charge in [-0.25, -0.2) is 14.4 Å². The summed E-state index contributed by atoms with van der Waals surface area (Å²) in [5, 5.41) is 35.2. The molecule has 3 heterocycles. The lowest BCUT2D eigenvalue weighted by molar-refractivity contribution is 0.169. The van der Waals surface area contributed by atoms with Crippen molar-refractivity contribution in [3.05, 3.63) is 53.2 Å². The van der Waals surface area contributed by atoms with E-state index in [4.69, 9.17) is 0 Å². The largest absolute Gasteiger partial charge is 0.392 e. The lowest BCUT2D eigenvalue weighted by atomic mass is 10.0. The first kappa shape index (κ1) is 23.2. The number of aliphatic hydroxyl groups excluding tert-OH is 1. The van der Waals surface area contributed by atoms with Crippen LogP contribution in [0.25, 0.3) is 22.8 Å². The van der Waals surface area contributed by atoms with Crippen LogP contribution in [0.5, 0.6) is 0 Å². The molecule has 2 atom stereocenters. The highest BCUT2D eigenvalue weighted by Crippen LogP contribution is 2.27. The number of β-amino-alcohol motifs (C(OH)–C–C–N with tert-alkyl or cyclic N) is 1. The van der Waals surface area contributed by atoms with E-state index in [9.17, 15) is 20.0 Å². The van der Waals surface area contributed by atoms with Crippen LogP contribution in [0, 0.1) is 28.5 Å². The van der Waals surface area contributed by atoms with E-state index in [-0.39, 0.29) is 12.1 Å². The van der Waals surface area contributed by atoms with Gasteiger partial charge in [-0.05, 0) is 30.7 Å². The first-order valence-corrected chi connectivity index (χ1v) is 10.9. The quantitative estimate of drug-likeness (QED) is 0.489. The van der Waals surface area contributed by atoms with Crippen molar-refractivity contribution in [1.29, 1.82) is 10.5 Å². The predicted octanol–water partition coefficient (Wildman–Crippen LogP) is 2.07. The summed E-state index contributed by atoms with van der Waals surface area (Å²) in [5.74, 6) is 0.104. The highest BCUT2D eigenvalue weighted by molar-refractivity contribution is 5.95. The van der Waals surface area contributed by atoms with Gasteiger partial charge in [-0.1, -0.05) is 0 Å². The summed E-state index contributed by atoms with van der Waals surface area (Å²) in [4.78, 5) is 10.8. The molecule has 0 amide bonds. The molecule has 10 heteroatoms. The molecule has 0 aliphatic carbocycles. The Morgan fingerprint density at radius 3 is 2.85 bits per heavy atom. The number of imidazole rings is 1. The van der Waals surface area contributed by atoms with Crippen molar-refractivity contribution in [3.8, 4) is 12.1 Å². The number of anilines is 1. The summed E-state index contributed by atoms with van der Waals surface area (Å²) in [5.41, 5.74) is 3.46.